The molecule has 0 fully saturated rings. The molecule has 3 rings (SSSR count). The molecule has 0 spiro atoms. The normalized spacial score (nSPS) is 12.5. The van der Waals surface area contributed by atoms with Crippen molar-refractivity contribution >= 4 is 11.3 Å². The van der Waals surface area contributed by atoms with Gasteiger partial charge in [-0.05, 0) is 74.5 Å². The molecule has 0 radical (unpaired) electrons. The molecule has 0 aliphatic carbocycles. The van der Waals surface area contributed by atoms with Gasteiger partial charge in [-0.2, -0.15) is 0 Å². The molecule has 4 heteroatoms. The average molecular weight is 424 g/mol. The van der Waals surface area contributed by atoms with Gasteiger partial charge >= 0.3 is 0 Å². The van der Waals surface area contributed by atoms with Gasteiger partial charge < -0.3 is 9.47 Å². The van der Waals surface area contributed by atoms with E-state index in [0.29, 0.717) is 18.7 Å². The fourth-order valence-corrected chi connectivity index (χ4v) is 4.79. The van der Waals surface area contributed by atoms with Crippen LogP contribution in [0, 0.1) is 0 Å². The van der Waals surface area contributed by atoms with Crippen molar-refractivity contribution in [1.29, 1.82) is 0 Å². The predicted octanol–water partition coefficient (Wildman–Crippen LogP) is 6.43. The molecule has 0 bridgehead atoms. The molecule has 0 saturated carbocycles. The van der Waals surface area contributed by atoms with Crippen LogP contribution in [0.5, 0.6) is 11.5 Å². The van der Waals surface area contributed by atoms with Crippen LogP contribution in [0.3, 0.4) is 0 Å². The van der Waals surface area contributed by atoms with E-state index in [0.717, 1.165) is 18.0 Å². The number of hydrogen-bond acceptors (Lipinski definition) is 4. The first-order valence-electron chi connectivity index (χ1n) is 10.7. The van der Waals surface area contributed by atoms with Crippen molar-refractivity contribution < 1.29 is 9.47 Å². The summed E-state index contributed by atoms with van der Waals surface area (Å²) >= 11 is 1.79. The van der Waals surface area contributed by atoms with Gasteiger partial charge in [0.05, 0.1) is 7.11 Å². The van der Waals surface area contributed by atoms with Gasteiger partial charge in [0.25, 0.3) is 0 Å². The SMILES string of the molecule is COc1ccc(C(c2ccc(OCCN(C(C)C)C(C)C)cc2)c2cccs2)cc1. The summed E-state index contributed by atoms with van der Waals surface area (Å²) in [6.07, 6.45) is 0. The fraction of sp³-hybridized carbons (Fsp3) is 0.385. The number of thiophene rings is 1. The van der Waals surface area contributed by atoms with E-state index in [1.165, 1.54) is 16.0 Å². The third-order valence-electron chi connectivity index (χ3n) is 5.44. The summed E-state index contributed by atoms with van der Waals surface area (Å²) in [7, 11) is 1.70. The van der Waals surface area contributed by atoms with Gasteiger partial charge in [-0.25, -0.2) is 0 Å². The highest BCUT2D eigenvalue weighted by molar-refractivity contribution is 7.10. The van der Waals surface area contributed by atoms with Crippen molar-refractivity contribution in [3.05, 3.63) is 82.0 Å². The summed E-state index contributed by atoms with van der Waals surface area (Å²) in [5, 5.41) is 2.14. The van der Waals surface area contributed by atoms with E-state index < -0.39 is 0 Å². The molecule has 2 aromatic carbocycles. The standard InChI is InChI=1S/C26H33NO2S/c1-19(2)27(20(3)4)16-17-29-24-14-10-22(11-15-24)26(25-7-6-18-30-25)21-8-12-23(28-5)13-9-21/h6-15,18-20,26H,16-17H2,1-5H3. The second-order valence-electron chi connectivity index (χ2n) is 8.06. The smallest absolute Gasteiger partial charge is 0.119 e. The third kappa shape index (κ3) is 5.65. The molecule has 0 amide bonds. The van der Waals surface area contributed by atoms with E-state index in [4.69, 9.17) is 9.47 Å². The molecule has 0 saturated heterocycles. The van der Waals surface area contributed by atoms with Gasteiger partial charge in [0.1, 0.15) is 18.1 Å². The lowest BCUT2D eigenvalue weighted by Crippen LogP contribution is -2.39. The Morgan fingerprint density at radius 1 is 0.800 bits per heavy atom. The Hall–Kier alpha value is -2.30. The second kappa shape index (κ2) is 10.6. The highest BCUT2D eigenvalue weighted by Gasteiger charge is 2.18. The Labute approximate surface area is 185 Å². The number of hydrogen-bond donors (Lipinski definition) is 0. The molecule has 0 aliphatic heterocycles. The summed E-state index contributed by atoms with van der Waals surface area (Å²) in [4.78, 5) is 3.78. The van der Waals surface area contributed by atoms with Crippen LogP contribution < -0.4 is 9.47 Å². The summed E-state index contributed by atoms with van der Waals surface area (Å²) in [5.74, 6) is 2.01. The highest BCUT2D eigenvalue weighted by atomic mass is 32.1. The second-order valence-corrected chi connectivity index (χ2v) is 9.04. The quantitative estimate of drug-likeness (QED) is 0.375. The van der Waals surface area contributed by atoms with E-state index in [-0.39, 0.29) is 5.92 Å². The van der Waals surface area contributed by atoms with Crippen LogP contribution in [0.2, 0.25) is 0 Å². The van der Waals surface area contributed by atoms with Crippen molar-refractivity contribution in [2.75, 3.05) is 20.3 Å². The van der Waals surface area contributed by atoms with Gasteiger partial charge in [-0.3, -0.25) is 4.90 Å². The van der Waals surface area contributed by atoms with Crippen LogP contribution in [0.1, 0.15) is 49.6 Å². The van der Waals surface area contributed by atoms with E-state index in [1.54, 1.807) is 18.4 Å². The first kappa shape index (κ1) is 22.4. The van der Waals surface area contributed by atoms with Gasteiger partial charge in [0.2, 0.25) is 0 Å². The minimum atomic E-state index is 0.210. The fourth-order valence-electron chi connectivity index (χ4n) is 3.91. The summed E-state index contributed by atoms with van der Waals surface area (Å²) in [5.41, 5.74) is 2.53. The molecule has 3 nitrogen and oxygen atoms in total. The molecule has 160 valence electrons. The molecule has 0 N–H and O–H groups in total. The third-order valence-corrected chi connectivity index (χ3v) is 6.37. The van der Waals surface area contributed by atoms with Crippen LogP contribution in [0.4, 0.5) is 0 Å². The Kier molecular flexibility index (Phi) is 7.94. The summed E-state index contributed by atoms with van der Waals surface area (Å²) in [6.45, 7) is 10.6. The highest BCUT2D eigenvalue weighted by Crippen LogP contribution is 2.36. The Balaban J connectivity index is 1.73. The van der Waals surface area contributed by atoms with E-state index in [9.17, 15) is 0 Å². The predicted molar refractivity (Wildman–Crippen MR) is 127 cm³/mol. The van der Waals surface area contributed by atoms with Gasteiger partial charge in [-0.1, -0.05) is 30.3 Å². The van der Waals surface area contributed by atoms with E-state index >= 15 is 0 Å². The number of rotatable bonds is 10. The molecule has 3 aromatic rings. The Morgan fingerprint density at radius 2 is 1.37 bits per heavy atom. The van der Waals surface area contributed by atoms with Gasteiger partial charge in [-0.15, -0.1) is 11.3 Å². The maximum Gasteiger partial charge on any atom is 0.119 e. The number of nitrogens with zero attached hydrogens (tertiary/aromatic N) is 1. The molecular formula is C26H33NO2S. The lowest BCUT2D eigenvalue weighted by molar-refractivity contribution is 0.142. The monoisotopic (exact) mass is 423 g/mol. The zero-order chi connectivity index (χ0) is 21.5. The van der Waals surface area contributed by atoms with Crippen LogP contribution in [-0.2, 0) is 0 Å². The lowest BCUT2D eigenvalue weighted by atomic mass is 9.90. The van der Waals surface area contributed by atoms with Crippen molar-refractivity contribution in [3.63, 3.8) is 0 Å². The molecule has 30 heavy (non-hydrogen) atoms. The van der Waals surface area contributed by atoms with Crippen molar-refractivity contribution in [1.82, 2.24) is 4.90 Å². The molecule has 1 aromatic heterocycles. The summed E-state index contributed by atoms with van der Waals surface area (Å²) in [6, 6.07) is 22.3. The van der Waals surface area contributed by atoms with Crippen molar-refractivity contribution in [2.45, 2.75) is 45.7 Å². The van der Waals surface area contributed by atoms with Crippen molar-refractivity contribution in [2.24, 2.45) is 0 Å². The van der Waals surface area contributed by atoms with Gasteiger partial charge in [0, 0.05) is 29.4 Å². The molecule has 1 heterocycles. The minimum absolute atomic E-state index is 0.210. The van der Waals surface area contributed by atoms with Crippen LogP contribution in [-0.4, -0.2) is 37.2 Å². The van der Waals surface area contributed by atoms with Crippen LogP contribution in [0.25, 0.3) is 0 Å². The molecule has 0 aliphatic rings. The largest absolute Gasteiger partial charge is 0.497 e. The Morgan fingerprint density at radius 3 is 1.83 bits per heavy atom. The maximum atomic E-state index is 6.04. The number of benzene rings is 2. The first-order valence-corrected chi connectivity index (χ1v) is 11.5. The zero-order valence-electron chi connectivity index (χ0n) is 18.7. The zero-order valence-corrected chi connectivity index (χ0v) is 19.5. The maximum absolute atomic E-state index is 6.04. The number of ether oxygens (including phenoxy) is 2. The summed E-state index contributed by atoms with van der Waals surface area (Å²) < 4.78 is 11.4. The van der Waals surface area contributed by atoms with Crippen LogP contribution in [0.15, 0.2) is 66.0 Å². The molecule has 1 atom stereocenters. The number of methoxy groups -OCH3 is 1. The first-order chi connectivity index (χ1) is 14.5. The van der Waals surface area contributed by atoms with Crippen molar-refractivity contribution in [3.8, 4) is 11.5 Å². The van der Waals surface area contributed by atoms with Crippen LogP contribution >= 0.6 is 11.3 Å². The minimum Gasteiger partial charge on any atom is -0.497 e. The Bertz CT molecular complexity index is 862. The topological polar surface area (TPSA) is 21.7 Å². The lowest BCUT2D eigenvalue weighted by Gasteiger charge is -2.30. The molecular weight excluding hydrogens is 390 g/mol. The van der Waals surface area contributed by atoms with E-state index in [2.05, 4.69) is 86.5 Å². The average Bonchev–Trinajstić information content (AvgIpc) is 3.26. The molecule has 1 unspecified atom stereocenters. The van der Waals surface area contributed by atoms with E-state index in [1.807, 2.05) is 12.1 Å². The van der Waals surface area contributed by atoms with Gasteiger partial charge in [0.15, 0.2) is 0 Å².